The fourth-order valence-corrected chi connectivity index (χ4v) is 4.41. The second-order valence-electron chi connectivity index (χ2n) is 6.82. The molecule has 34 heavy (non-hydrogen) atoms. The van der Waals surface area contributed by atoms with Crippen molar-refractivity contribution in [1.82, 2.24) is 9.36 Å². The summed E-state index contributed by atoms with van der Waals surface area (Å²) in [7, 11) is -3.62. The van der Waals surface area contributed by atoms with Crippen molar-refractivity contribution in [3.63, 3.8) is 0 Å². The van der Waals surface area contributed by atoms with Gasteiger partial charge in [0.2, 0.25) is 15.0 Å². The van der Waals surface area contributed by atoms with Crippen LogP contribution < -0.4 is 14.8 Å². The van der Waals surface area contributed by atoms with E-state index < -0.39 is 20.9 Å². The Morgan fingerprint density at radius 2 is 2.00 bits per heavy atom. The topological polar surface area (TPSA) is 131 Å². The first-order valence-electron chi connectivity index (χ1n) is 9.81. The Balaban J connectivity index is 1.83. The lowest BCUT2D eigenvalue weighted by Crippen LogP contribution is -2.13. The fourth-order valence-electron chi connectivity index (χ4n) is 2.70. The standard InChI is InChI=1S/C22H19ClN4O5S2/c1-3-31-18-11-15(10-17(23)19(18)32-13-14-7-5-4-6-8-14)9-16(12-24)20(28)25-21-26-22(27-33-21)34(2,29)30/h4-11H,3,13H2,1-2H3,(H,25,26,27,28)/b16-9-. The molecule has 0 aliphatic carbocycles. The summed E-state index contributed by atoms with van der Waals surface area (Å²) in [6.45, 7) is 2.42. The van der Waals surface area contributed by atoms with E-state index in [0.717, 1.165) is 11.8 Å². The number of sulfone groups is 1. The summed E-state index contributed by atoms with van der Waals surface area (Å²) in [5, 5.41) is 11.6. The molecule has 0 fully saturated rings. The third kappa shape index (κ3) is 6.54. The maximum Gasteiger partial charge on any atom is 0.268 e. The maximum absolute atomic E-state index is 12.5. The van der Waals surface area contributed by atoms with E-state index in [4.69, 9.17) is 21.1 Å². The number of carbonyl (C=O) groups excluding carboxylic acids is 1. The van der Waals surface area contributed by atoms with Crippen LogP contribution in [0.15, 0.2) is 53.2 Å². The number of amides is 1. The molecular formula is C22H19ClN4O5S2. The molecule has 0 aliphatic heterocycles. The first-order chi connectivity index (χ1) is 16.2. The predicted octanol–water partition coefficient (Wildman–Crippen LogP) is 4.12. The Bertz CT molecular complexity index is 1370. The van der Waals surface area contributed by atoms with E-state index in [2.05, 4.69) is 14.7 Å². The number of anilines is 1. The van der Waals surface area contributed by atoms with Crippen LogP contribution in [0.5, 0.6) is 11.5 Å². The fraction of sp³-hybridized carbons (Fsp3) is 0.182. The van der Waals surface area contributed by atoms with Gasteiger partial charge in [-0.15, -0.1) is 0 Å². The van der Waals surface area contributed by atoms with Gasteiger partial charge < -0.3 is 9.47 Å². The zero-order valence-corrected chi connectivity index (χ0v) is 20.5. The third-order valence-corrected chi connectivity index (χ3v) is 6.07. The summed E-state index contributed by atoms with van der Waals surface area (Å²) < 4.78 is 38.2. The maximum atomic E-state index is 12.5. The van der Waals surface area contributed by atoms with E-state index >= 15 is 0 Å². The molecule has 2 aromatic carbocycles. The minimum atomic E-state index is -3.62. The molecule has 3 rings (SSSR count). The zero-order chi connectivity index (χ0) is 24.7. The van der Waals surface area contributed by atoms with Crippen LogP contribution in [0.4, 0.5) is 5.13 Å². The van der Waals surface area contributed by atoms with Crippen LogP contribution in [0, 0.1) is 11.3 Å². The summed E-state index contributed by atoms with van der Waals surface area (Å²) in [4.78, 5) is 16.3. The average Bonchev–Trinajstić information content (AvgIpc) is 3.27. The summed E-state index contributed by atoms with van der Waals surface area (Å²) in [5.41, 5.74) is 1.12. The van der Waals surface area contributed by atoms with Gasteiger partial charge in [0.1, 0.15) is 18.2 Å². The summed E-state index contributed by atoms with van der Waals surface area (Å²) >= 11 is 7.12. The predicted molar refractivity (Wildman–Crippen MR) is 129 cm³/mol. The molecule has 0 atom stereocenters. The number of hydrogen-bond donors (Lipinski definition) is 1. The molecule has 0 unspecified atom stereocenters. The number of nitrogens with zero attached hydrogens (tertiary/aromatic N) is 3. The van der Waals surface area contributed by atoms with Crippen LogP contribution in [0.2, 0.25) is 5.02 Å². The van der Waals surface area contributed by atoms with Crippen molar-refractivity contribution in [2.24, 2.45) is 0 Å². The highest BCUT2D eigenvalue weighted by molar-refractivity contribution is 7.90. The first kappa shape index (κ1) is 25.2. The largest absolute Gasteiger partial charge is 0.490 e. The normalized spacial score (nSPS) is 11.5. The minimum absolute atomic E-state index is 0.0516. The molecule has 0 saturated heterocycles. The number of nitriles is 1. The van der Waals surface area contributed by atoms with Gasteiger partial charge in [-0.05, 0) is 36.3 Å². The molecule has 0 bridgehead atoms. The van der Waals surface area contributed by atoms with Crippen molar-refractivity contribution in [1.29, 1.82) is 5.26 Å². The first-order valence-corrected chi connectivity index (χ1v) is 12.9. The number of hydrogen-bond acceptors (Lipinski definition) is 9. The molecular weight excluding hydrogens is 500 g/mol. The molecule has 9 nitrogen and oxygen atoms in total. The van der Waals surface area contributed by atoms with E-state index in [1.165, 1.54) is 6.08 Å². The molecule has 0 radical (unpaired) electrons. The van der Waals surface area contributed by atoms with Crippen molar-refractivity contribution < 1.29 is 22.7 Å². The summed E-state index contributed by atoms with van der Waals surface area (Å²) in [6, 6.07) is 14.5. The lowest BCUT2D eigenvalue weighted by atomic mass is 10.1. The summed E-state index contributed by atoms with van der Waals surface area (Å²) in [5.74, 6) is -0.0800. The highest BCUT2D eigenvalue weighted by Gasteiger charge is 2.18. The van der Waals surface area contributed by atoms with Gasteiger partial charge in [0.15, 0.2) is 11.5 Å². The molecule has 1 heterocycles. The lowest BCUT2D eigenvalue weighted by Gasteiger charge is -2.14. The van der Waals surface area contributed by atoms with Gasteiger partial charge in [-0.1, -0.05) is 41.9 Å². The number of benzene rings is 2. The van der Waals surface area contributed by atoms with Gasteiger partial charge in [0.05, 0.1) is 11.6 Å². The number of aromatic nitrogens is 2. The van der Waals surface area contributed by atoms with E-state index in [0.29, 0.717) is 35.2 Å². The van der Waals surface area contributed by atoms with E-state index in [-0.39, 0.29) is 22.3 Å². The smallest absolute Gasteiger partial charge is 0.268 e. The number of rotatable bonds is 9. The van der Waals surface area contributed by atoms with E-state index in [1.807, 2.05) is 36.4 Å². The van der Waals surface area contributed by atoms with E-state index in [9.17, 15) is 18.5 Å². The second-order valence-corrected chi connectivity index (χ2v) is 9.88. The highest BCUT2D eigenvalue weighted by Crippen LogP contribution is 2.38. The Labute approximate surface area is 205 Å². The SMILES string of the molecule is CCOc1cc(/C=C(/C#N)C(=O)Nc2nc(S(C)(=O)=O)ns2)cc(Cl)c1OCc1ccccc1. The summed E-state index contributed by atoms with van der Waals surface area (Å²) in [6.07, 6.45) is 2.28. The van der Waals surface area contributed by atoms with Crippen LogP contribution in [0.25, 0.3) is 6.08 Å². The van der Waals surface area contributed by atoms with Gasteiger partial charge in [0, 0.05) is 17.8 Å². The van der Waals surface area contributed by atoms with Gasteiger partial charge >= 0.3 is 0 Å². The molecule has 0 aliphatic rings. The van der Waals surface area contributed by atoms with Crippen LogP contribution in [-0.2, 0) is 21.2 Å². The van der Waals surface area contributed by atoms with Gasteiger partial charge in [-0.2, -0.15) is 14.6 Å². The van der Waals surface area contributed by atoms with Crippen LogP contribution >= 0.6 is 23.1 Å². The second kappa shape index (κ2) is 11.1. The molecule has 3 aromatic rings. The van der Waals surface area contributed by atoms with Crippen molar-refractivity contribution in [3.8, 4) is 17.6 Å². The van der Waals surface area contributed by atoms with Crippen molar-refractivity contribution in [2.75, 3.05) is 18.2 Å². The molecule has 0 spiro atoms. The molecule has 176 valence electrons. The number of halogens is 1. The number of nitrogens with one attached hydrogen (secondary N) is 1. The van der Waals surface area contributed by atoms with Gasteiger partial charge in [-0.25, -0.2) is 8.42 Å². The Kier molecular flexibility index (Phi) is 8.22. The van der Waals surface area contributed by atoms with Crippen molar-refractivity contribution in [2.45, 2.75) is 18.7 Å². The monoisotopic (exact) mass is 518 g/mol. The minimum Gasteiger partial charge on any atom is -0.490 e. The van der Waals surface area contributed by atoms with Crippen molar-refractivity contribution in [3.05, 3.63) is 64.2 Å². The van der Waals surface area contributed by atoms with Crippen molar-refractivity contribution >= 4 is 50.1 Å². The number of carbonyl (C=O) groups is 1. The Morgan fingerprint density at radius 1 is 1.26 bits per heavy atom. The zero-order valence-electron chi connectivity index (χ0n) is 18.1. The van der Waals surface area contributed by atoms with Crippen LogP contribution in [-0.4, -0.2) is 36.5 Å². The molecule has 1 N–H and O–H groups in total. The highest BCUT2D eigenvalue weighted by atomic mass is 35.5. The number of ether oxygens (including phenoxy) is 2. The molecule has 0 saturated carbocycles. The molecule has 1 aromatic heterocycles. The van der Waals surface area contributed by atoms with Gasteiger partial charge in [0.25, 0.3) is 11.1 Å². The Hall–Kier alpha value is -3.46. The average molecular weight is 519 g/mol. The molecule has 12 heteroatoms. The third-order valence-electron chi connectivity index (χ3n) is 4.19. The Morgan fingerprint density at radius 3 is 2.62 bits per heavy atom. The van der Waals surface area contributed by atoms with Gasteiger partial charge in [-0.3, -0.25) is 10.1 Å². The van der Waals surface area contributed by atoms with Crippen LogP contribution in [0.3, 0.4) is 0 Å². The van der Waals surface area contributed by atoms with E-state index in [1.54, 1.807) is 19.1 Å². The quantitative estimate of drug-likeness (QED) is 0.330. The molecule has 1 amide bonds. The lowest BCUT2D eigenvalue weighted by molar-refractivity contribution is -0.112. The van der Waals surface area contributed by atoms with Crippen LogP contribution in [0.1, 0.15) is 18.1 Å².